The first-order chi connectivity index (χ1) is 10.2. The van der Waals surface area contributed by atoms with Crippen LogP contribution in [-0.4, -0.2) is 35.7 Å². The summed E-state index contributed by atoms with van der Waals surface area (Å²) in [7, 11) is 1.67. The highest BCUT2D eigenvalue weighted by atomic mass is 35.5. The average molecular weight is 346 g/mol. The number of halogens is 1. The van der Waals surface area contributed by atoms with Crippen molar-refractivity contribution < 1.29 is 4.74 Å². The molecule has 0 bridgehead atoms. The minimum Gasteiger partial charge on any atom is -0.495 e. The molecule has 1 aliphatic rings. The Morgan fingerprint density at radius 2 is 2.14 bits per heavy atom. The number of hydrogen-bond acceptors (Lipinski definition) is 4. The number of hydrogen-bond donors (Lipinski definition) is 1. The van der Waals surface area contributed by atoms with Crippen molar-refractivity contribution in [1.82, 2.24) is 5.32 Å². The van der Waals surface area contributed by atoms with Gasteiger partial charge in [-0.3, -0.25) is 0 Å². The molecule has 1 heterocycles. The van der Waals surface area contributed by atoms with Gasteiger partial charge in [0.2, 0.25) is 0 Å². The lowest BCUT2D eigenvalue weighted by atomic mass is 10.0. The Morgan fingerprint density at radius 3 is 2.81 bits per heavy atom. The summed E-state index contributed by atoms with van der Waals surface area (Å²) in [5.74, 6) is 3.25. The van der Waals surface area contributed by atoms with Gasteiger partial charge in [-0.15, -0.1) is 0 Å². The van der Waals surface area contributed by atoms with Gasteiger partial charge in [0.15, 0.2) is 0 Å². The molecule has 1 aromatic rings. The zero-order chi connectivity index (χ0) is 15.2. The lowest BCUT2D eigenvalue weighted by Gasteiger charge is -2.35. The molecule has 0 spiro atoms. The third-order valence-electron chi connectivity index (χ3n) is 3.71. The minimum absolute atomic E-state index is 0.351. The molecule has 2 nitrogen and oxygen atoms in total. The molecule has 0 aliphatic carbocycles. The standard InChI is InChI=1S/C16H24ClNOS2/c1-4-7-18-15(16-11(2)20-8-9-21-16)12-5-6-13(17)14(10-12)19-3/h5-6,10-11,15-16,18H,4,7-9H2,1-3H3. The van der Waals surface area contributed by atoms with E-state index in [-0.39, 0.29) is 0 Å². The molecule has 3 unspecified atom stereocenters. The Bertz CT molecular complexity index is 458. The lowest BCUT2D eigenvalue weighted by molar-refractivity contribution is 0.412. The summed E-state index contributed by atoms with van der Waals surface area (Å²) in [6.45, 7) is 5.58. The largest absolute Gasteiger partial charge is 0.495 e. The van der Waals surface area contributed by atoms with E-state index in [9.17, 15) is 0 Å². The molecule has 1 aromatic carbocycles. The first-order valence-electron chi connectivity index (χ1n) is 7.47. The minimum atomic E-state index is 0.351. The predicted molar refractivity (Wildman–Crippen MR) is 97.2 cm³/mol. The van der Waals surface area contributed by atoms with Crippen molar-refractivity contribution in [1.29, 1.82) is 0 Å². The van der Waals surface area contributed by atoms with Crippen molar-refractivity contribution in [3.63, 3.8) is 0 Å². The van der Waals surface area contributed by atoms with Crippen LogP contribution in [0.5, 0.6) is 5.75 Å². The van der Waals surface area contributed by atoms with E-state index in [1.807, 2.05) is 6.07 Å². The molecule has 3 atom stereocenters. The van der Waals surface area contributed by atoms with Crippen LogP contribution in [0.3, 0.4) is 0 Å². The van der Waals surface area contributed by atoms with E-state index in [4.69, 9.17) is 16.3 Å². The topological polar surface area (TPSA) is 21.3 Å². The molecule has 0 aromatic heterocycles. The first kappa shape index (κ1) is 17.3. The van der Waals surface area contributed by atoms with Gasteiger partial charge in [0.25, 0.3) is 0 Å². The Labute approximate surface area is 141 Å². The second-order valence-electron chi connectivity index (χ2n) is 5.24. The summed E-state index contributed by atoms with van der Waals surface area (Å²) in [4.78, 5) is 0. The summed E-state index contributed by atoms with van der Waals surface area (Å²) in [6, 6.07) is 6.51. The van der Waals surface area contributed by atoms with E-state index in [1.54, 1.807) is 7.11 Å². The number of methoxy groups -OCH3 is 1. The van der Waals surface area contributed by atoms with E-state index in [0.29, 0.717) is 21.6 Å². The maximum atomic E-state index is 6.17. The van der Waals surface area contributed by atoms with Crippen LogP contribution in [0.2, 0.25) is 5.02 Å². The van der Waals surface area contributed by atoms with Crippen LogP contribution in [-0.2, 0) is 0 Å². The monoisotopic (exact) mass is 345 g/mol. The summed E-state index contributed by atoms with van der Waals surface area (Å²) >= 11 is 10.3. The highest BCUT2D eigenvalue weighted by molar-refractivity contribution is 8.07. The van der Waals surface area contributed by atoms with Gasteiger partial charge in [0, 0.05) is 28.0 Å². The highest BCUT2D eigenvalue weighted by Crippen LogP contribution is 2.40. The fraction of sp³-hybridized carbons (Fsp3) is 0.625. The summed E-state index contributed by atoms with van der Waals surface area (Å²) < 4.78 is 5.38. The van der Waals surface area contributed by atoms with Gasteiger partial charge in [0.05, 0.1) is 12.1 Å². The van der Waals surface area contributed by atoms with Crippen molar-refractivity contribution in [2.45, 2.75) is 36.8 Å². The van der Waals surface area contributed by atoms with Crippen molar-refractivity contribution in [3.8, 4) is 5.75 Å². The Hall–Kier alpha value is -0.0300. The Balaban J connectivity index is 2.26. The SMILES string of the molecule is CCCNC(c1ccc(Cl)c(OC)c1)C1SCCSC1C. The lowest BCUT2D eigenvalue weighted by Crippen LogP contribution is -2.38. The van der Waals surface area contributed by atoms with Crippen LogP contribution in [0.4, 0.5) is 0 Å². The summed E-state index contributed by atoms with van der Waals surface area (Å²) in [5, 5.41) is 5.64. The molecule has 2 rings (SSSR count). The van der Waals surface area contributed by atoms with E-state index < -0.39 is 0 Å². The number of thioether (sulfide) groups is 2. The van der Waals surface area contributed by atoms with Gasteiger partial charge < -0.3 is 10.1 Å². The number of benzene rings is 1. The average Bonchev–Trinajstić information content (AvgIpc) is 2.50. The molecule has 1 N–H and O–H groups in total. The van der Waals surface area contributed by atoms with Crippen LogP contribution in [0, 0.1) is 0 Å². The molecule has 118 valence electrons. The summed E-state index contributed by atoms with van der Waals surface area (Å²) in [6.07, 6.45) is 1.14. The van der Waals surface area contributed by atoms with Crippen LogP contribution in [0.1, 0.15) is 31.9 Å². The van der Waals surface area contributed by atoms with Gasteiger partial charge in [-0.1, -0.05) is 31.5 Å². The fourth-order valence-corrected chi connectivity index (χ4v) is 5.75. The fourth-order valence-electron chi connectivity index (χ4n) is 2.61. The molecule has 1 fully saturated rings. The van der Waals surface area contributed by atoms with Crippen LogP contribution >= 0.6 is 35.1 Å². The van der Waals surface area contributed by atoms with Crippen molar-refractivity contribution in [2.24, 2.45) is 0 Å². The van der Waals surface area contributed by atoms with E-state index in [1.165, 1.54) is 17.1 Å². The number of nitrogens with one attached hydrogen (secondary N) is 1. The van der Waals surface area contributed by atoms with Crippen molar-refractivity contribution in [3.05, 3.63) is 28.8 Å². The molecular formula is C16H24ClNOS2. The van der Waals surface area contributed by atoms with E-state index in [2.05, 4.69) is 54.8 Å². The molecular weight excluding hydrogens is 322 g/mol. The van der Waals surface area contributed by atoms with Gasteiger partial charge in [-0.2, -0.15) is 23.5 Å². The third-order valence-corrected chi connectivity index (χ3v) is 7.22. The van der Waals surface area contributed by atoms with Gasteiger partial charge in [-0.25, -0.2) is 0 Å². The second kappa shape index (κ2) is 8.56. The van der Waals surface area contributed by atoms with Crippen LogP contribution < -0.4 is 10.1 Å². The molecule has 21 heavy (non-hydrogen) atoms. The van der Waals surface area contributed by atoms with Gasteiger partial charge >= 0.3 is 0 Å². The third kappa shape index (κ3) is 4.47. The smallest absolute Gasteiger partial charge is 0.137 e. The maximum Gasteiger partial charge on any atom is 0.137 e. The quantitative estimate of drug-likeness (QED) is 0.811. The summed E-state index contributed by atoms with van der Waals surface area (Å²) in [5.41, 5.74) is 1.27. The number of ether oxygens (including phenoxy) is 1. The molecule has 0 radical (unpaired) electrons. The Morgan fingerprint density at radius 1 is 1.38 bits per heavy atom. The number of rotatable bonds is 6. The second-order valence-corrected chi connectivity index (χ2v) is 8.42. The van der Waals surface area contributed by atoms with Crippen molar-refractivity contribution >= 4 is 35.1 Å². The van der Waals surface area contributed by atoms with Crippen LogP contribution in [0.25, 0.3) is 0 Å². The van der Waals surface area contributed by atoms with Gasteiger partial charge in [0.1, 0.15) is 5.75 Å². The molecule has 0 saturated carbocycles. The van der Waals surface area contributed by atoms with Crippen molar-refractivity contribution in [2.75, 3.05) is 25.2 Å². The zero-order valence-electron chi connectivity index (χ0n) is 12.9. The zero-order valence-corrected chi connectivity index (χ0v) is 15.3. The van der Waals surface area contributed by atoms with Gasteiger partial charge in [-0.05, 0) is 30.7 Å². The normalized spacial score (nSPS) is 23.8. The molecule has 5 heteroatoms. The maximum absolute atomic E-state index is 6.17. The molecule has 0 amide bonds. The van der Waals surface area contributed by atoms with E-state index in [0.717, 1.165) is 18.7 Å². The van der Waals surface area contributed by atoms with E-state index >= 15 is 0 Å². The Kier molecular flexibility index (Phi) is 7.06. The first-order valence-corrected chi connectivity index (χ1v) is 9.95. The predicted octanol–water partition coefficient (Wildman–Crippen LogP) is 4.63. The van der Waals surface area contributed by atoms with Crippen LogP contribution in [0.15, 0.2) is 18.2 Å². The highest BCUT2D eigenvalue weighted by Gasteiger charge is 2.31. The molecule has 1 aliphatic heterocycles. The molecule has 1 saturated heterocycles.